The molecule has 28 heavy (non-hydrogen) atoms. The van der Waals surface area contributed by atoms with E-state index in [1.165, 1.54) is 5.56 Å². The lowest BCUT2D eigenvalue weighted by molar-refractivity contribution is 0.248. The van der Waals surface area contributed by atoms with Gasteiger partial charge in [-0.05, 0) is 29.8 Å². The van der Waals surface area contributed by atoms with Crippen LogP contribution >= 0.6 is 0 Å². The van der Waals surface area contributed by atoms with Gasteiger partial charge in [0.2, 0.25) is 5.95 Å². The smallest absolute Gasteiger partial charge is 0.247 e. The Balaban J connectivity index is 1.36. The Bertz CT molecular complexity index is 942. The molecule has 0 amide bonds. The summed E-state index contributed by atoms with van der Waals surface area (Å²) in [5.41, 5.74) is 2.82. The lowest BCUT2D eigenvalue weighted by Gasteiger charge is -2.34. The van der Waals surface area contributed by atoms with Crippen LogP contribution in [0.1, 0.15) is 11.1 Å². The predicted molar refractivity (Wildman–Crippen MR) is 108 cm³/mol. The van der Waals surface area contributed by atoms with Crippen LogP contribution in [0, 0.1) is 11.3 Å². The number of aromatic nitrogens is 3. The van der Waals surface area contributed by atoms with Crippen molar-refractivity contribution in [1.82, 2.24) is 20.1 Å². The number of nitrogens with one attached hydrogen (secondary N) is 1. The molecule has 7 heteroatoms. The maximum Gasteiger partial charge on any atom is 0.247 e. The van der Waals surface area contributed by atoms with Crippen molar-refractivity contribution in [3.05, 3.63) is 71.9 Å². The van der Waals surface area contributed by atoms with Gasteiger partial charge in [-0.3, -0.25) is 4.90 Å². The molecule has 1 aliphatic rings. The number of hydrogen-bond donors (Lipinski definition) is 1. The van der Waals surface area contributed by atoms with Gasteiger partial charge >= 0.3 is 0 Å². The molecule has 2 heterocycles. The first-order chi connectivity index (χ1) is 13.8. The van der Waals surface area contributed by atoms with Gasteiger partial charge in [-0.15, -0.1) is 5.10 Å². The van der Waals surface area contributed by atoms with Crippen LogP contribution in [0.15, 0.2) is 60.8 Å². The van der Waals surface area contributed by atoms with E-state index in [0.717, 1.165) is 38.4 Å². The van der Waals surface area contributed by atoms with E-state index >= 15 is 0 Å². The molecule has 0 spiro atoms. The van der Waals surface area contributed by atoms with E-state index in [1.807, 2.05) is 18.2 Å². The van der Waals surface area contributed by atoms with Crippen LogP contribution in [-0.4, -0.2) is 46.3 Å². The summed E-state index contributed by atoms with van der Waals surface area (Å²) in [5, 5.41) is 20.4. The number of nitrogens with zero attached hydrogens (tertiary/aromatic N) is 6. The largest absolute Gasteiger partial charge is 0.339 e. The minimum absolute atomic E-state index is 0.625. The molecule has 0 atom stereocenters. The first-order valence-corrected chi connectivity index (χ1v) is 9.28. The Hall–Kier alpha value is -3.50. The normalized spacial score (nSPS) is 14.5. The Kier molecular flexibility index (Phi) is 5.41. The summed E-state index contributed by atoms with van der Waals surface area (Å²) in [5.74, 6) is 1.28. The van der Waals surface area contributed by atoms with Crippen molar-refractivity contribution in [3.63, 3.8) is 0 Å². The highest BCUT2D eigenvalue weighted by Crippen LogP contribution is 2.18. The van der Waals surface area contributed by atoms with Crippen LogP contribution in [0.5, 0.6) is 0 Å². The molecular formula is C21H21N7. The third kappa shape index (κ3) is 4.42. The molecule has 0 unspecified atom stereocenters. The quantitative estimate of drug-likeness (QED) is 0.738. The second kappa shape index (κ2) is 8.46. The lowest BCUT2D eigenvalue weighted by atomic mass is 10.2. The van der Waals surface area contributed by atoms with Gasteiger partial charge in [0.15, 0.2) is 5.82 Å². The fourth-order valence-corrected chi connectivity index (χ4v) is 3.21. The molecular weight excluding hydrogens is 350 g/mol. The van der Waals surface area contributed by atoms with Crippen LogP contribution in [0.4, 0.5) is 17.5 Å². The Labute approximate surface area is 164 Å². The summed E-state index contributed by atoms with van der Waals surface area (Å²) in [6.45, 7) is 4.63. The van der Waals surface area contributed by atoms with Crippen molar-refractivity contribution in [2.75, 3.05) is 36.4 Å². The second-order valence-corrected chi connectivity index (χ2v) is 6.70. The predicted octanol–water partition coefficient (Wildman–Crippen LogP) is 2.81. The van der Waals surface area contributed by atoms with Crippen molar-refractivity contribution in [2.24, 2.45) is 0 Å². The third-order valence-corrected chi connectivity index (χ3v) is 4.74. The summed E-state index contributed by atoms with van der Waals surface area (Å²) >= 11 is 0. The lowest BCUT2D eigenvalue weighted by Crippen LogP contribution is -2.46. The molecule has 3 aromatic rings. The zero-order chi connectivity index (χ0) is 19.2. The molecule has 0 saturated carbocycles. The monoisotopic (exact) mass is 371 g/mol. The van der Waals surface area contributed by atoms with Gasteiger partial charge < -0.3 is 10.2 Å². The highest BCUT2D eigenvalue weighted by atomic mass is 15.4. The summed E-state index contributed by atoms with van der Waals surface area (Å²) in [7, 11) is 0. The molecule has 1 aliphatic heterocycles. The van der Waals surface area contributed by atoms with Gasteiger partial charge in [0, 0.05) is 38.4 Å². The third-order valence-electron chi connectivity index (χ3n) is 4.74. The fraction of sp³-hybridized carbons (Fsp3) is 0.238. The number of anilines is 3. The number of piperazine rings is 1. The molecule has 7 nitrogen and oxygen atoms in total. The summed E-state index contributed by atoms with van der Waals surface area (Å²) in [6.07, 6.45) is 1.60. The first-order valence-electron chi connectivity index (χ1n) is 9.28. The van der Waals surface area contributed by atoms with E-state index in [9.17, 15) is 0 Å². The van der Waals surface area contributed by atoms with Crippen molar-refractivity contribution in [3.8, 4) is 6.07 Å². The van der Waals surface area contributed by atoms with Crippen LogP contribution < -0.4 is 10.2 Å². The van der Waals surface area contributed by atoms with Gasteiger partial charge in [0.25, 0.3) is 0 Å². The SMILES string of the molecule is N#Cc1ccc(Nc2cnnc(N3CCN(Cc4ccccc4)CC3)n2)cc1. The molecule has 1 aromatic heterocycles. The van der Waals surface area contributed by atoms with Crippen molar-refractivity contribution in [2.45, 2.75) is 6.54 Å². The highest BCUT2D eigenvalue weighted by Gasteiger charge is 2.19. The highest BCUT2D eigenvalue weighted by molar-refractivity contribution is 5.57. The topological polar surface area (TPSA) is 81.0 Å². The number of benzene rings is 2. The van der Waals surface area contributed by atoms with Crippen molar-refractivity contribution < 1.29 is 0 Å². The maximum atomic E-state index is 8.89. The maximum absolute atomic E-state index is 8.89. The van der Waals surface area contributed by atoms with Gasteiger partial charge in [-0.2, -0.15) is 15.3 Å². The van der Waals surface area contributed by atoms with Gasteiger partial charge in [-0.1, -0.05) is 30.3 Å². The zero-order valence-electron chi connectivity index (χ0n) is 15.5. The molecule has 1 N–H and O–H groups in total. The number of rotatable bonds is 5. The Morgan fingerprint density at radius 2 is 1.71 bits per heavy atom. The molecule has 0 aliphatic carbocycles. The first kappa shape index (κ1) is 17.9. The van der Waals surface area contributed by atoms with E-state index in [4.69, 9.17) is 5.26 Å². The Morgan fingerprint density at radius 3 is 2.43 bits per heavy atom. The van der Waals surface area contributed by atoms with Gasteiger partial charge in [0.05, 0.1) is 17.8 Å². The number of nitriles is 1. The van der Waals surface area contributed by atoms with Gasteiger partial charge in [0.1, 0.15) is 0 Å². The molecule has 1 saturated heterocycles. The van der Waals surface area contributed by atoms with Crippen LogP contribution in [0.25, 0.3) is 0 Å². The minimum atomic E-state index is 0.625. The van der Waals surface area contributed by atoms with E-state index in [1.54, 1.807) is 18.3 Å². The molecule has 4 rings (SSSR count). The Morgan fingerprint density at radius 1 is 0.964 bits per heavy atom. The van der Waals surface area contributed by atoms with E-state index in [-0.39, 0.29) is 0 Å². The average Bonchev–Trinajstić information content (AvgIpc) is 2.76. The van der Waals surface area contributed by atoms with Crippen molar-refractivity contribution in [1.29, 1.82) is 5.26 Å². The zero-order valence-corrected chi connectivity index (χ0v) is 15.5. The van der Waals surface area contributed by atoms with E-state index in [2.05, 4.69) is 60.6 Å². The molecule has 140 valence electrons. The summed E-state index contributed by atoms with van der Waals surface area (Å²) in [6, 6.07) is 19.9. The second-order valence-electron chi connectivity index (χ2n) is 6.70. The fourth-order valence-electron chi connectivity index (χ4n) is 3.21. The molecule has 0 radical (unpaired) electrons. The van der Waals surface area contributed by atoms with E-state index < -0.39 is 0 Å². The van der Waals surface area contributed by atoms with Gasteiger partial charge in [-0.25, -0.2) is 0 Å². The molecule has 0 bridgehead atoms. The molecule has 1 fully saturated rings. The van der Waals surface area contributed by atoms with Crippen LogP contribution in [0.3, 0.4) is 0 Å². The van der Waals surface area contributed by atoms with E-state index in [0.29, 0.717) is 17.3 Å². The van der Waals surface area contributed by atoms with Crippen LogP contribution in [-0.2, 0) is 6.54 Å². The van der Waals surface area contributed by atoms with Crippen LogP contribution in [0.2, 0.25) is 0 Å². The average molecular weight is 371 g/mol. The number of hydrogen-bond acceptors (Lipinski definition) is 7. The summed E-state index contributed by atoms with van der Waals surface area (Å²) in [4.78, 5) is 9.21. The molecule has 2 aromatic carbocycles. The standard InChI is InChI=1S/C21H21N7/c22-14-17-6-8-19(9-7-17)24-20-15-23-26-21(25-20)28-12-10-27(11-13-28)16-18-4-2-1-3-5-18/h1-9,15H,10-13,16H2,(H,24,25,26). The summed E-state index contributed by atoms with van der Waals surface area (Å²) < 4.78 is 0. The van der Waals surface area contributed by atoms with Crippen molar-refractivity contribution >= 4 is 17.5 Å². The minimum Gasteiger partial charge on any atom is -0.339 e.